The van der Waals surface area contributed by atoms with E-state index in [4.69, 9.17) is 23.2 Å². The summed E-state index contributed by atoms with van der Waals surface area (Å²) in [4.78, 5) is 33.9. The molecule has 2 aliphatic heterocycles. The largest absolute Gasteiger partial charge is 0.339 e. The lowest BCUT2D eigenvalue weighted by Gasteiger charge is -2.12. The van der Waals surface area contributed by atoms with E-state index in [1.54, 1.807) is 6.08 Å². The smallest absolute Gasteiger partial charge is 0.336 e. The van der Waals surface area contributed by atoms with E-state index in [0.29, 0.717) is 28.1 Å². The van der Waals surface area contributed by atoms with Crippen LogP contribution in [0.2, 0.25) is 5.02 Å². The van der Waals surface area contributed by atoms with Crippen molar-refractivity contribution in [3.05, 3.63) is 97.8 Å². The Balaban J connectivity index is 0.000000297. The van der Waals surface area contributed by atoms with Gasteiger partial charge in [-0.2, -0.15) is 0 Å². The first-order chi connectivity index (χ1) is 19.6. The highest BCUT2D eigenvalue weighted by Gasteiger charge is 2.21. The van der Waals surface area contributed by atoms with E-state index in [9.17, 15) is 14.0 Å². The highest BCUT2D eigenvalue weighted by molar-refractivity contribution is 6.32. The molecule has 12 heteroatoms. The molecule has 0 unspecified atom stereocenters. The Hall–Kier alpha value is -3.70. The molecule has 1 aromatic carbocycles. The van der Waals surface area contributed by atoms with Crippen molar-refractivity contribution >= 4 is 50.7 Å². The summed E-state index contributed by atoms with van der Waals surface area (Å²) in [5, 5.41) is 6.43. The number of rotatable bonds is 3. The van der Waals surface area contributed by atoms with Gasteiger partial charge in [0.05, 0.1) is 15.9 Å². The molecule has 1 fully saturated rings. The summed E-state index contributed by atoms with van der Waals surface area (Å²) in [5.41, 5.74) is 4.31. The zero-order valence-corrected chi connectivity index (χ0v) is 24.6. The van der Waals surface area contributed by atoms with Gasteiger partial charge in [-0.3, -0.25) is 9.36 Å². The number of aromatic amines is 1. The van der Waals surface area contributed by atoms with Crippen LogP contribution in [0.25, 0.3) is 33.2 Å². The van der Waals surface area contributed by atoms with Crippen LogP contribution in [0.4, 0.5) is 4.39 Å². The third kappa shape index (κ3) is 6.62. The standard InChI is InChI=1S/C20H16ClFN6O2.C5H7Cl.C4H9N/c1-26-9-10(7-24-26)15-6-11-16-12(8-23-18(11)25-15)19(29)28(20(30)27(16)2)17-13(21)4-3-5-14(17)22;1-3-4-5(2)6;1-2-4-5-3-1/h3-6,8-9,24H,7H2,1-2H3,(H,23,25);3-4H,2H2,1H3;5H,1-4H2/b;4-3-;. The highest BCUT2D eigenvalue weighted by Crippen LogP contribution is 2.27. The fraction of sp³-hybridized carbons (Fsp3) is 0.276. The third-order valence-corrected chi connectivity index (χ3v) is 6.99. The maximum Gasteiger partial charge on any atom is 0.336 e. The molecule has 0 bridgehead atoms. The molecular weight excluding hydrogens is 568 g/mol. The average Bonchev–Trinajstić information content (AvgIpc) is 3.71. The van der Waals surface area contributed by atoms with Crippen LogP contribution >= 0.6 is 23.2 Å². The van der Waals surface area contributed by atoms with Gasteiger partial charge < -0.3 is 15.3 Å². The van der Waals surface area contributed by atoms with E-state index in [1.165, 1.54) is 55.9 Å². The summed E-state index contributed by atoms with van der Waals surface area (Å²) < 4.78 is 16.5. The first kappa shape index (κ1) is 30.3. The van der Waals surface area contributed by atoms with Crippen molar-refractivity contribution in [1.82, 2.24) is 34.9 Å². The molecule has 0 atom stereocenters. The normalized spacial score (nSPS) is 14.7. The van der Waals surface area contributed by atoms with Gasteiger partial charge in [-0.15, -0.1) is 0 Å². The fourth-order valence-corrected chi connectivity index (χ4v) is 4.98. The van der Waals surface area contributed by atoms with E-state index < -0.39 is 17.1 Å². The molecule has 9 nitrogen and oxygen atoms in total. The number of aryl methyl sites for hydroxylation is 1. The number of benzene rings is 1. The molecule has 0 aliphatic carbocycles. The molecule has 6 rings (SSSR count). The SMILES string of the molecule is C1CCNC1.C=C(Cl)/C=C\C.CN1C=C(c2cc3c(ncc4c(=O)n(-c5c(F)cccc5Cl)c(=O)n(C)c43)[nH]2)CN1. The Morgan fingerprint density at radius 1 is 1.17 bits per heavy atom. The van der Waals surface area contributed by atoms with Crippen LogP contribution in [-0.2, 0) is 7.05 Å². The molecule has 4 aromatic rings. The number of nitrogens with one attached hydrogen (secondary N) is 3. The van der Waals surface area contributed by atoms with Gasteiger partial charge in [0.1, 0.15) is 17.2 Å². The van der Waals surface area contributed by atoms with Crippen LogP contribution in [-0.4, -0.2) is 50.8 Å². The van der Waals surface area contributed by atoms with E-state index in [1.807, 2.05) is 37.3 Å². The molecule has 0 radical (unpaired) electrons. The summed E-state index contributed by atoms with van der Waals surface area (Å²) in [6.07, 6.45) is 9.69. The summed E-state index contributed by atoms with van der Waals surface area (Å²) in [5.74, 6) is -0.760. The van der Waals surface area contributed by atoms with Crippen molar-refractivity contribution in [2.24, 2.45) is 7.05 Å². The molecule has 5 heterocycles. The number of para-hydroxylation sites is 1. The zero-order valence-electron chi connectivity index (χ0n) is 23.1. The number of halogens is 3. The predicted molar refractivity (Wildman–Crippen MR) is 165 cm³/mol. The van der Waals surface area contributed by atoms with Gasteiger partial charge >= 0.3 is 5.69 Å². The van der Waals surface area contributed by atoms with Crippen molar-refractivity contribution in [3.8, 4) is 5.69 Å². The quantitative estimate of drug-likeness (QED) is 0.292. The van der Waals surface area contributed by atoms with Gasteiger partial charge in [-0.05, 0) is 57.1 Å². The number of allylic oxidation sites excluding steroid dienone is 3. The predicted octanol–water partition coefficient (Wildman–Crippen LogP) is 4.83. The summed E-state index contributed by atoms with van der Waals surface area (Å²) in [6.45, 7) is 8.46. The number of fused-ring (bicyclic) bond motifs is 3. The zero-order chi connectivity index (χ0) is 29.7. The van der Waals surface area contributed by atoms with Gasteiger partial charge in [0, 0.05) is 54.7 Å². The number of H-pyrrole nitrogens is 1. The van der Waals surface area contributed by atoms with Crippen molar-refractivity contribution in [1.29, 1.82) is 0 Å². The Morgan fingerprint density at radius 3 is 2.44 bits per heavy atom. The molecule has 2 aliphatic rings. The van der Waals surface area contributed by atoms with Crippen LogP contribution in [0.5, 0.6) is 0 Å². The lowest BCUT2D eigenvalue weighted by molar-refractivity contribution is 0.374. The molecule has 0 spiro atoms. The molecular formula is C29H32Cl2FN7O2. The molecule has 3 N–H and O–H groups in total. The minimum absolute atomic E-state index is 0.0312. The molecule has 0 saturated carbocycles. The Kier molecular flexibility index (Phi) is 9.82. The average molecular weight is 601 g/mol. The monoisotopic (exact) mass is 599 g/mol. The van der Waals surface area contributed by atoms with Crippen LogP contribution in [0.3, 0.4) is 0 Å². The summed E-state index contributed by atoms with van der Waals surface area (Å²) in [6, 6.07) is 5.85. The topological polar surface area (TPSA) is 100.0 Å². The van der Waals surface area contributed by atoms with Gasteiger partial charge in [-0.1, -0.05) is 41.9 Å². The Labute approximate surface area is 246 Å². The number of pyridine rings is 1. The first-order valence-corrected chi connectivity index (χ1v) is 13.8. The minimum Gasteiger partial charge on any atom is -0.339 e. The lowest BCUT2D eigenvalue weighted by Crippen LogP contribution is -2.38. The van der Waals surface area contributed by atoms with Crippen LogP contribution < -0.4 is 22.0 Å². The molecule has 1 saturated heterocycles. The third-order valence-electron chi connectivity index (χ3n) is 6.56. The molecule has 216 valence electrons. The summed E-state index contributed by atoms with van der Waals surface area (Å²) >= 11 is 11.4. The van der Waals surface area contributed by atoms with Crippen molar-refractivity contribution < 1.29 is 4.39 Å². The first-order valence-electron chi connectivity index (χ1n) is 13.1. The van der Waals surface area contributed by atoms with Crippen LogP contribution in [0.1, 0.15) is 25.5 Å². The lowest BCUT2D eigenvalue weighted by atomic mass is 10.2. The van der Waals surface area contributed by atoms with Crippen molar-refractivity contribution in [2.75, 3.05) is 26.7 Å². The number of hydrogen-bond acceptors (Lipinski definition) is 6. The van der Waals surface area contributed by atoms with Gasteiger partial charge in [-0.25, -0.2) is 24.2 Å². The maximum absolute atomic E-state index is 14.5. The van der Waals surface area contributed by atoms with Crippen molar-refractivity contribution in [2.45, 2.75) is 19.8 Å². The van der Waals surface area contributed by atoms with Crippen LogP contribution in [0.15, 0.2) is 70.0 Å². The molecule has 41 heavy (non-hydrogen) atoms. The fourth-order valence-electron chi connectivity index (χ4n) is 4.61. The van der Waals surface area contributed by atoms with Gasteiger partial charge in [0.15, 0.2) is 0 Å². The Bertz CT molecular complexity index is 1740. The molecule has 0 amide bonds. The number of aromatic nitrogens is 4. The Morgan fingerprint density at radius 2 is 1.90 bits per heavy atom. The second kappa shape index (κ2) is 13.3. The van der Waals surface area contributed by atoms with Gasteiger partial charge in [0.2, 0.25) is 0 Å². The second-order valence-electron chi connectivity index (χ2n) is 9.52. The number of hydrogen-bond donors (Lipinski definition) is 3. The van der Waals surface area contributed by atoms with Crippen molar-refractivity contribution in [3.63, 3.8) is 0 Å². The van der Waals surface area contributed by atoms with E-state index >= 15 is 0 Å². The number of nitrogens with zero attached hydrogens (tertiary/aromatic N) is 4. The second-order valence-corrected chi connectivity index (χ2v) is 10.4. The minimum atomic E-state index is -0.760. The maximum atomic E-state index is 14.5. The van der Waals surface area contributed by atoms with E-state index in [0.717, 1.165) is 21.9 Å². The highest BCUT2D eigenvalue weighted by atomic mass is 35.5. The van der Waals surface area contributed by atoms with E-state index in [-0.39, 0.29) is 16.1 Å². The van der Waals surface area contributed by atoms with E-state index in [2.05, 4.69) is 27.3 Å². The summed E-state index contributed by atoms with van der Waals surface area (Å²) in [7, 11) is 3.43. The van der Waals surface area contributed by atoms with Crippen LogP contribution in [0, 0.1) is 5.82 Å². The van der Waals surface area contributed by atoms with Gasteiger partial charge in [0.25, 0.3) is 5.56 Å². The molecule has 3 aromatic heterocycles. The number of hydrazine groups is 1.